The van der Waals surface area contributed by atoms with Gasteiger partial charge in [-0.15, -0.1) is 0 Å². The topological polar surface area (TPSA) is 36.4 Å². The third-order valence-electron chi connectivity index (χ3n) is 6.12. The predicted molar refractivity (Wildman–Crippen MR) is 95.4 cm³/mol. The summed E-state index contributed by atoms with van der Waals surface area (Å²) in [6.45, 7) is 3.41. The lowest BCUT2D eigenvalue weighted by Crippen LogP contribution is -2.38. The summed E-state index contributed by atoms with van der Waals surface area (Å²) in [5, 5.41) is 11.0. The van der Waals surface area contributed by atoms with E-state index in [1.165, 1.54) is 25.1 Å². The Morgan fingerprint density at radius 1 is 0.917 bits per heavy atom. The number of likely N-dealkylation sites (tertiary alicyclic amines) is 1. The van der Waals surface area contributed by atoms with E-state index < -0.39 is 5.60 Å². The zero-order valence-electron chi connectivity index (χ0n) is 14.2. The van der Waals surface area contributed by atoms with E-state index in [1.54, 1.807) is 12.4 Å². The van der Waals surface area contributed by atoms with Crippen molar-refractivity contribution in [1.29, 1.82) is 0 Å². The largest absolute Gasteiger partial charge is 0.385 e. The average molecular weight is 322 g/mol. The summed E-state index contributed by atoms with van der Waals surface area (Å²) < 4.78 is 0. The molecule has 2 aromatic rings. The molecule has 3 nitrogen and oxygen atoms in total. The van der Waals surface area contributed by atoms with Crippen molar-refractivity contribution in [3.8, 4) is 0 Å². The third kappa shape index (κ3) is 3.11. The number of nitrogens with zero attached hydrogens (tertiary/aromatic N) is 2. The van der Waals surface area contributed by atoms with Crippen molar-refractivity contribution < 1.29 is 5.11 Å². The van der Waals surface area contributed by atoms with Crippen molar-refractivity contribution in [1.82, 2.24) is 9.88 Å². The summed E-state index contributed by atoms with van der Waals surface area (Å²) in [5.74, 6) is 0. The Labute approximate surface area is 144 Å². The second-order valence-corrected chi connectivity index (χ2v) is 7.71. The van der Waals surface area contributed by atoms with Crippen LogP contribution in [0.25, 0.3) is 0 Å². The predicted octanol–water partition coefficient (Wildman–Crippen LogP) is 3.74. The van der Waals surface area contributed by atoms with Gasteiger partial charge in [0.15, 0.2) is 0 Å². The van der Waals surface area contributed by atoms with Crippen molar-refractivity contribution >= 4 is 0 Å². The zero-order chi connectivity index (χ0) is 16.5. The fourth-order valence-electron chi connectivity index (χ4n) is 4.56. The lowest BCUT2D eigenvalue weighted by atomic mass is 9.66. The molecule has 126 valence electrons. The van der Waals surface area contributed by atoms with Gasteiger partial charge in [-0.2, -0.15) is 0 Å². The van der Waals surface area contributed by atoms with E-state index in [-0.39, 0.29) is 0 Å². The Morgan fingerprint density at radius 3 is 2.33 bits per heavy atom. The van der Waals surface area contributed by atoms with Crippen LogP contribution in [0.2, 0.25) is 0 Å². The molecule has 1 aromatic heterocycles. The smallest absolute Gasteiger partial charge is 0.0898 e. The van der Waals surface area contributed by atoms with Gasteiger partial charge in [0.25, 0.3) is 0 Å². The molecule has 0 bridgehead atoms. The van der Waals surface area contributed by atoms with Crippen LogP contribution in [0.5, 0.6) is 0 Å². The maximum absolute atomic E-state index is 11.0. The first-order valence-corrected chi connectivity index (χ1v) is 9.07. The number of benzene rings is 1. The van der Waals surface area contributed by atoms with Crippen LogP contribution in [0.1, 0.15) is 43.2 Å². The van der Waals surface area contributed by atoms with Crippen LogP contribution in [-0.2, 0) is 12.1 Å². The van der Waals surface area contributed by atoms with Crippen LogP contribution >= 0.6 is 0 Å². The summed E-state index contributed by atoms with van der Waals surface area (Å²) in [5.41, 5.74) is 2.19. The number of rotatable bonds is 3. The summed E-state index contributed by atoms with van der Waals surface area (Å²) in [6.07, 6.45) is 8.83. The molecule has 2 heterocycles. The zero-order valence-corrected chi connectivity index (χ0v) is 14.2. The molecule has 0 atom stereocenters. The fourth-order valence-corrected chi connectivity index (χ4v) is 4.56. The van der Waals surface area contributed by atoms with Gasteiger partial charge in [0.2, 0.25) is 0 Å². The highest BCUT2D eigenvalue weighted by molar-refractivity contribution is 5.21. The van der Waals surface area contributed by atoms with Crippen molar-refractivity contribution in [3.05, 3.63) is 66.0 Å². The molecule has 1 saturated carbocycles. The van der Waals surface area contributed by atoms with Gasteiger partial charge in [0.1, 0.15) is 0 Å². The van der Waals surface area contributed by atoms with Crippen LogP contribution in [-0.4, -0.2) is 28.1 Å². The first-order valence-electron chi connectivity index (χ1n) is 9.07. The van der Waals surface area contributed by atoms with Crippen LogP contribution in [0.3, 0.4) is 0 Å². The van der Waals surface area contributed by atoms with Gasteiger partial charge in [0, 0.05) is 25.5 Å². The normalized spacial score (nSPS) is 30.7. The van der Waals surface area contributed by atoms with Crippen LogP contribution in [0.4, 0.5) is 0 Å². The molecule has 3 heteroatoms. The molecule has 1 aliphatic carbocycles. The van der Waals surface area contributed by atoms with E-state index in [2.05, 4.69) is 40.2 Å². The summed E-state index contributed by atoms with van der Waals surface area (Å²) >= 11 is 0. The maximum Gasteiger partial charge on any atom is 0.0898 e. The molecule has 1 aliphatic heterocycles. The van der Waals surface area contributed by atoms with Gasteiger partial charge in [-0.1, -0.05) is 30.3 Å². The second-order valence-electron chi connectivity index (χ2n) is 7.71. The van der Waals surface area contributed by atoms with Gasteiger partial charge in [-0.25, -0.2) is 0 Å². The molecule has 1 spiro atoms. The lowest BCUT2D eigenvalue weighted by molar-refractivity contribution is -0.0368. The van der Waals surface area contributed by atoms with Crippen molar-refractivity contribution in [2.75, 3.05) is 13.1 Å². The maximum atomic E-state index is 11.0. The highest BCUT2D eigenvalue weighted by Crippen LogP contribution is 2.50. The van der Waals surface area contributed by atoms with Crippen molar-refractivity contribution in [2.45, 2.75) is 44.2 Å². The second kappa shape index (κ2) is 6.30. The average Bonchev–Trinajstić information content (AvgIpc) is 3.02. The van der Waals surface area contributed by atoms with E-state index in [1.807, 2.05) is 12.1 Å². The molecule has 1 aromatic carbocycles. The highest BCUT2D eigenvalue weighted by Gasteiger charge is 2.45. The first kappa shape index (κ1) is 15.8. The van der Waals surface area contributed by atoms with Crippen LogP contribution < -0.4 is 0 Å². The van der Waals surface area contributed by atoms with Gasteiger partial charge in [-0.05, 0) is 67.3 Å². The summed E-state index contributed by atoms with van der Waals surface area (Å²) in [7, 11) is 0. The SMILES string of the molecule is OC1(c2ccncc2)CCC2(CCN(Cc3ccccc3)C2)CC1. The Morgan fingerprint density at radius 2 is 1.62 bits per heavy atom. The minimum Gasteiger partial charge on any atom is -0.385 e. The van der Waals surface area contributed by atoms with Gasteiger partial charge in [-0.3, -0.25) is 9.88 Å². The molecule has 1 saturated heterocycles. The molecular formula is C21H26N2O. The Hall–Kier alpha value is -1.71. The van der Waals surface area contributed by atoms with Crippen LogP contribution in [0.15, 0.2) is 54.9 Å². The third-order valence-corrected chi connectivity index (χ3v) is 6.12. The number of hydrogen-bond acceptors (Lipinski definition) is 3. The monoisotopic (exact) mass is 322 g/mol. The first-order chi connectivity index (χ1) is 11.7. The molecular weight excluding hydrogens is 296 g/mol. The molecule has 24 heavy (non-hydrogen) atoms. The van der Waals surface area contributed by atoms with Crippen LogP contribution in [0, 0.1) is 5.41 Å². The number of hydrogen-bond donors (Lipinski definition) is 1. The number of aromatic nitrogens is 1. The van der Waals surface area contributed by atoms with Crippen molar-refractivity contribution in [3.63, 3.8) is 0 Å². The molecule has 0 amide bonds. The molecule has 2 fully saturated rings. The standard InChI is InChI=1S/C21H26N2O/c24-21(19-6-13-22-14-7-19)10-8-20(9-11-21)12-15-23(17-20)16-18-4-2-1-3-5-18/h1-7,13-14,24H,8-12,15-17H2. The van der Waals surface area contributed by atoms with E-state index in [4.69, 9.17) is 0 Å². The van der Waals surface area contributed by atoms with E-state index in [0.717, 1.165) is 37.8 Å². The minimum atomic E-state index is -0.652. The molecule has 0 radical (unpaired) electrons. The highest BCUT2D eigenvalue weighted by atomic mass is 16.3. The van der Waals surface area contributed by atoms with Crippen molar-refractivity contribution in [2.24, 2.45) is 5.41 Å². The van der Waals surface area contributed by atoms with Gasteiger partial charge in [0.05, 0.1) is 5.60 Å². The summed E-state index contributed by atoms with van der Waals surface area (Å²) in [4.78, 5) is 6.66. The van der Waals surface area contributed by atoms with Gasteiger partial charge < -0.3 is 5.11 Å². The lowest BCUT2D eigenvalue weighted by Gasteiger charge is -2.42. The van der Waals surface area contributed by atoms with E-state index in [0.29, 0.717) is 5.41 Å². The molecule has 2 aliphatic rings. The quantitative estimate of drug-likeness (QED) is 0.935. The summed E-state index contributed by atoms with van der Waals surface area (Å²) in [6, 6.07) is 14.7. The Bertz CT molecular complexity index is 663. The Balaban J connectivity index is 1.39. The van der Waals surface area contributed by atoms with E-state index >= 15 is 0 Å². The van der Waals surface area contributed by atoms with E-state index in [9.17, 15) is 5.11 Å². The molecule has 0 unspecified atom stereocenters. The Kier molecular flexibility index (Phi) is 4.15. The number of aliphatic hydroxyl groups is 1. The minimum absolute atomic E-state index is 0.411. The number of pyridine rings is 1. The molecule has 1 N–H and O–H groups in total. The molecule has 4 rings (SSSR count). The van der Waals surface area contributed by atoms with Gasteiger partial charge >= 0.3 is 0 Å². The fraction of sp³-hybridized carbons (Fsp3) is 0.476.